The Hall–Kier alpha value is -4.65. The molecule has 32 heavy (non-hydrogen) atoms. The molecule has 0 unspecified atom stereocenters. The van der Waals surface area contributed by atoms with Crippen molar-refractivity contribution in [1.82, 2.24) is 0 Å². The highest BCUT2D eigenvalue weighted by atomic mass is 16.5. The van der Waals surface area contributed by atoms with E-state index in [0.29, 0.717) is 5.56 Å². The summed E-state index contributed by atoms with van der Waals surface area (Å²) >= 11 is 0. The number of ether oxygens (including phenoxy) is 2. The number of phenolic OH excluding ortho intramolecular Hbond substituents is 1. The second-order valence-corrected chi connectivity index (χ2v) is 6.88. The Balaban J connectivity index is 1.41. The summed E-state index contributed by atoms with van der Waals surface area (Å²) in [6, 6.07) is 21.2. The van der Waals surface area contributed by atoms with Gasteiger partial charge in [0, 0.05) is 0 Å². The number of carbonyl (C=O) groups is 3. The van der Waals surface area contributed by atoms with Gasteiger partial charge in [0.05, 0.1) is 16.7 Å². The maximum Gasteiger partial charge on any atom is 0.343 e. The van der Waals surface area contributed by atoms with E-state index in [1.807, 2.05) is 0 Å². The Labute approximate surface area is 182 Å². The average Bonchev–Trinajstić information content (AvgIpc) is 2.80. The van der Waals surface area contributed by atoms with Crippen molar-refractivity contribution in [2.24, 2.45) is 0 Å². The number of benzene rings is 4. The number of hydrogen-bond acceptors (Lipinski definition) is 6. The molecule has 158 valence electrons. The van der Waals surface area contributed by atoms with Crippen LogP contribution in [-0.4, -0.2) is 28.1 Å². The Morgan fingerprint density at radius 2 is 1.03 bits per heavy atom. The van der Waals surface area contributed by atoms with Crippen LogP contribution in [0.5, 0.6) is 17.2 Å². The van der Waals surface area contributed by atoms with E-state index in [4.69, 9.17) is 14.6 Å². The lowest BCUT2D eigenvalue weighted by molar-refractivity contribution is 0.0691. The van der Waals surface area contributed by atoms with Crippen LogP contribution in [0.25, 0.3) is 10.8 Å². The highest BCUT2D eigenvalue weighted by molar-refractivity contribution is 5.97. The van der Waals surface area contributed by atoms with E-state index in [1.54, 1.807) is 30.3 Å². The first-order chi connectivity index (χ1) is 15.4. The summed E-state index contributed by atoms with van der Waals surface area (Å²) in [6.07, 6.45) is 0. The van der Waals surface area contributed by atoms with Gasteiger partial charge in [-0.15, -0.1) is 0 Å². The van der Waals surface area contributed by atoms with Gasteiger partial charge in [-0.25, -0.2) is 14.4 Å². The first kappa shape index (κ1) is 20.6. The molecule has 4 aromatic carbocycles. The molecule has 0 aromatic heterocycles. The summed E-state index contributed by atoms with van der Waals surface area (Å²) in [5.74, 6) is -1.63. The van der Waals surface area contributed by atoms with Gasteiger partial charge < -0.3 is 19.7 Å². The monoisotopic (exact) mass is 428 g/mol. The third kappa shape index (κ3) is 4.57. The number of fused-ring (bicyclic) bond motifs is 1. The summed E-state index contributed by atoms with van der Waals surface area (Å²) in [6.45, 7) is 0. The molecule has 0 bridgehead atoms. The quantitative estimate of drug-likeness (QED) is 0.351. The van der Waals surface area contributed by atoms with Gasteiger partial charge in [-0.2, -0.15) is 0 Å². The summed E-state index contributed by atoms with van der Waals surface area (Å²) in [5.41, 5.74) is 0.621. The first-order valence-corrected chi connectivity index (χ1v) is 9.49. The normalized spacial score (nSPS) is 10.5. The predicted molar refractivity (Wildman–Crippen MR) is 115 cm³/mol. The van der Waals surface area contributed by atoms with E-state index in [1.165, 1.54) is 54.6 Å². The van der Waals surface area contributed by atoms with Crippen LogP contribution >= 0.6 is 0 Å². The van der Waals surface area contributed by atoms with Crippen LogP contribution in [0.3, 0.4) is 0 Å². The van der Waals surface area contributed by atoms with Gasteiger partial charge in [-0.05, 0) is 83.6 Å². The number of hydrogen-bond donors (Lipinski definition) is 2. The molecule has 0 fully saturated rings. The van der Waals surface area contributed by atoms with E-state index < -0.39 is 17.9 Å². The largest absolute Gasteiger partial charge is 0.508 e. The Bertz CT molecular complexity index is 1320. The SMILES string of the molecule is O=C(O)c1ccc(C(=O)Oc2ccc(OC(=O)c3ccc4cc(O)ccc4c3)cc2)cc1. The highest BCUT2D eigenvalue weighted by Crippen LogP contribution is 2.23. The number of aromatic hydroxyl groups is 1. The van der Waals surface area contributed by atoms with Crippen LogP contribution in [0.15, 0.2) is 84.9 Å². The molecular weight excluding hydrogens is 412 g/mol. The van der Waals surface area contributed by atoms with Crippen molar-refractivity contribution >= 4 is 28.7 Å². The van der Waals surface area contributed by atoms with Gasteiger partial charge >= 0.3 is 17.9 Å². The molecule has 0 aliphatic rings. The molecule has 7 nitrogen and oxygen atoms in total. The fourth-order valence-electron chi connectivity index (χ4n) is 3.02. The van der Waals surface area contributed by atoms with Gasteiger partial charge in [-0.1, -0.05) is 12.1 Å². The van der Waals surface area contributed by atoms with E-state index in [2.05, 4.69) is 0 Å². The number of aromatic carboxylic acids is 1. The molecule has 0 radical (unpaired) electrons. The Morgan fingerprint density at radius 3 is 1.62 bits per heavy atom. The van der Waals surface area contributed by atoms with Crippen LogP contribution in [0, 0.1) is 0 Å². The second kappa shape index (κ2) is 8.61. The maximum atomic E-state index is 12.4. The molecule has 4 aromatic rings. The second-order valence-electron chi connectivity index (χ2n) is 6.88. The highest BCUT2D eigenvalue weighted by Gasteiger charge is 2.12. The van der Waals surface area contributed by atoms with Crippen molar-refractivity contribution < 1.29 is 34.1 Å². The number of phenols is 1. The Kier molecular flexibility index (Phi) is 5.55. The van der Waals surface area contributed by atoms with Crippen molar-refractivity contribution in [1.29, 1.82) is 0 Å². The maximum absolute atomic E-state index is 12.4. The van der Waals surface area contributed by atoms with E-state index in [9.17, 15) is 19.5 Å². The number of carbonyl (C=O) groups excluding carboxylic acids is 2. The molecule has 0 amide bonds. The lowest BCUT2D eigenvalue weighted by Gasteiger charge is -2.08. The minimum Gasteiger partial charge on any atom is -0.508 e. The van der Waals surface area contributed by atoms with Gasteiger partial charge in [0.15, 0.2) is 0 Å². The van der Waals surface area contributed by atoms with Crippen molar-refractivity contribution in [3.8, 4) is 17.2 Å². The lowest BCUT2D eigenvalue weighted by Crippen LogP contribution is -2.10. The molecule has 0 aliphatic heterocycles. The lowest BCUT2D eigenvalue weighted by atomic mass is 10.1. The van der Waals surface area contributed by atoms with Crippen molar-refractivity contribution in [2.75, 3.05) is 0 Å². The summed E-state index contributed by atoms with van der Waals surface area (Å²) in [7, 11) is 0. The number of carboxylic acids is 1. The summed E-state index contributed by atoms with van der Waals surface area (Å²) in [4.78, 5) is 35.5. The zero-order valence-corrected chi connectivity index (χ0v) is 16.5. The minimum atomic E-state index is -1.09. The van der Waals surface area contributed by atoms with Crippen molar-refractivity contribution in [3.63, 3.8) is 0 Å². The third-order valence-corrected chi connectivity index (χ3v) is 4.67. The fourth-order valence-corrected chi connectivity index (χ4v) is 3.02. The first-order valence-electron chi connectivity index (χ1n) is 9.49. The molecule has 0 saturated carbocycles. The molecular formula is C25H16O7. The third-order valence-electron chi connectivity index (χ3n) is 4.67. The van der Waals surface area contributed by atoms with E-state index in [0.717, 1.165) is 10.8 Å². The number of rotatable bonds is 5. The molecule has 0 aliphatic carbocycles. The molecule has 4 rings (SSSR count). The van der Waals surface area contributed by atoms with Crippen molar-refractivity contribution in [2.45, 2.75) is 0 Å². The topological polar surface area (TPSA) is 110 Å². The smallest absolute Gasteiger partial charge is 0.343 e. The summed E-state index contributed by atoms with van der Waals surface area (Å²) in [5, 5.41) is 20.0. The fraction of sp³-hybridized carbons (Fsp3) is 0. The van der Waals surface area contributed by atoms with Crippen LogP contribution in [0.2, 0.25) is 0 Å². The zero-order valence-electron chi connectivity index (χ0n) is 16.5. The minimum absolute atomic E-state index is 0.0669. The van der Waals surface area contributed by atoms with Gasteiger partial charge in [-0.3, -0.25) is 0 Å². The van der Waals surface area contributed by atoms with E-state index >= 15 is 0 Å². The van der Waals surface area contributed by atoms with Gasteiger partial charge in [0.2, 0.25) is 0 Å². The number of carboxylic acid groups (broad SMARTS) is 1. The molecule has 0 atom stereocenters. The van der Waals surface area contributed by atoms with Crippen LogP contribution in [0.1, 0.15) is 31.1 Å². The molecule has 0 heterocycles. The average molecular weight is 428 g/mol. The number of esters is 2. The van der Waals surface area contributed by atoms with E-state index in [-0.39, 0.29) is 28.4 Å². The van der Waals surface area contributed by atoms with Crippen LogP contribution in [-0.2, 0) is 0 Å². The van der Waals surface area contributed by atoms with Gasteiger partial charge in [0.1, 0.15) is 17.2 Å². The Morgan fingerprint density at radius 1 is 0.562 bits per heavy atom. The summed E-state index contributed by atoms with van der Waals surface area (Å²) < 4.78 is 10.6. The molecule has 0 spiro atoms. The van der Waals surface area contributed by atoms with Crippen LogP contribution < -0.4 is 9.47 Å². The van der Waals surface area contributed by atoms with Gasteiger partial charge in [0.25, 0.3) is 0 Å². The molecule has 0 saturated heterocycles. The van der Waals surface area contributed by atoms with Crippen molar-refractivity contribution in [3.05, 3.63) is 102 Å². The molecule has 7 heteroatoms. The predicted octanol–water partition coefficient (Wildman–Crippen LogP) is 4.68. The zero-order chi connectivity index (χ0) is 22.7. The standard InChI is InChI=1S/C25H16O7/c26-20-8-7-17-13-19(6-5-18(17)14-20)25(30)32-22-11-9-21(10-12-22)31-24(29)16-3-1-15(2-4-16)23(27)28/h1-14,26H,(H,27,28). The van der Waals surface area contributed by atoms with Crippen LogP contribution in [0.4, 0.5) is 0 Å². The molecule has 2 N–H and O–H groups in total.